The number of nitrogens with two attached hydrogens (primary N) is 1. The average molecular weight is 226 g/mol. The largest absolute Gasteiger partial charge is 0.370 e. The molecule has 0 bridgehead atoms. The van der Waals surface area contributed by atoms with Crippen molar-refractivity contribution in [2.45, 2.75) is 13.1 Å². The summed E-state index contributed by atoms with van der Waals surface area (Å²) < 4.78 is 0. The minimum atomic E-state index is -0.135. The maximum atomic E-state index is 5.59. The van der Waals surface area contributed by atoms with E-state index in [0.717, 1.165) is 4.88 Å². The summed E-state index contributed by atoms with van der Waals surface area (Å²) in [6, 6.07) is 2.05. The van der Waals surface area contributed by atoms with Gasteiger partial charge in [0.05, 0.1) is 4.88 Å². The molecule has 0 saturated heterocycles. The number of hydrogen-bond donors (Lipinski definition) is 3. The number of aryl methyl sites for hydroxylation is 1. The SMILES string of the molecule is Cc1ccsc1[C@@H]1N=C(N)NC(=S)N1. The molecule has 0 aliphatic carbocycles. The van der Waals surface area contributed by atoms with E-state index in [9.17, 15) is 0 Å². The Bertz CT molecular complexity index is 396. The second kappa shape index (κ2) is 3.55. The molecule has 4 N–H and O–H groups in total. The van der Waals surface area contributed by atoms with Crippen LogP contribution in [0.1, 0.15) is 16.6 Å². The highest BCUT2D eigenvalue weighted by molar-refractivity contribution is 7.80. The van der Waals surface area contributed by atoms with Crippen LogP contribution in [0.4, 0.5) is 0 Å². The van der Waals surface area contributed by atoms with Gasteiger partial charge in [0, 0.05) is 0 Å². The van der Waals surface area contributed by atoms with E-state index in [-0.39, 0.29) is 6.17 Å². The van der Waals surface area contributed by atoms with Crippen LogP contribution in [-0.2, 0) is 0 Å². The Morgan fingerprint density at radius 2 is 2.43 bits per heavy atom. The Kier molecular flexibility index (Phi) is 2.39. The molecule has 0 unspecified atom stereocenters. The number of guanidine groups is 1. The topological polar surface area (TPSA) is 62.4 Å². The zero-order valence-corrected chi connectivity index (χ0v) is 9.21. The summed E-state index contributed by atoms with van der Waals surface area (Å²) in [5, 5.41) is 8.35. The molecule has 14 heavy (non-hydrogen) atoms. The minimum Gasteiger partial charge on any atom is -0.370 e. The van der Waals surface area contributed by atoms with Gasteiger partial charge in [0.2, 0.25) is 0 Å². The minimum absolute atomic E-state index is 0.135. The lowest BCUT2D eigenvalue weighted by Crippen LogP contribution is -2.49. The standard InChI is InChI=1S/C8H10N4S2/c1-4-2-3-14-5(4)6-10-7(9)12-8(13)11-6/h2-3,6H,1H3,(H4,9,10,11,12,13)/t6-/m1/s1. The second-order valence-corrected chi connectivity index (χ2v) is 4.34. The van der Waals surface area contributed by atoms with Crippen LogP contribution in [0.3, 0.4) is 0 Å². The van der Waals surface area contributed by atoms with E-state index in [1.807, 2.05) is 12.3 Å². The maximum absolute atomic E-state index is 5.59. The number of nitrogens with one attached hydrogen (secondary N) is 2. The third-order valence-corrected chi connectivity index (χ3v) is 3.22. The van der Waals surface area contributed by atoms with Gasteiger partial charge in [-0.2, -0.15) is 0 Å². The molecule has 0 fully saturated rings. The summed E-state index contributed by atoms with van der Waals surface area (Å²) in [6.45, 7) is 2.05. The Labute approximate surface area is 91.2 Å². The number of rotatable bonds is 1. The molecule has 2 heterocycles. The van der Waals surface area contributed by atoms with Gasteiger partial charge in [0.15, 0.2) is 17.2 Å². The van der Waals surface area contributed by atoms with Gasteiger partial charge in [0.25, 0.3) is 0 Å². The summed E-state index contributed by atoms with van der Waals surface area (Å²) in [5.74, 6) is 0.367. The lowest BCUT2D eigenvalue weighted by atomic mass is 10.2. The molecule has 1 aliphatic rings. The van der Waals surface area contributed by atoms with Crippen molar-refractivity contribution in [3.05, 3.63) is 21.9 Å². The number of nitrogens with zero attached hydrogens (tertiary/aromatic N) is 1. The molecule has 1 aromatic heterocycles. The Morgan fingerprint density at radius 1 is 1.64 bits per heavy atom. The maximum Gasteiger partial charge on any atom is 0.197 e. The second-order valence-electron chi connectivity index (χ2n) is 2.98. The van der Waals surface area contributed by atoms with Gasteiger partial charge in [-0.1, -0.05) is 0 Å². The highest BCUT2D eigenvalue weighted by Crippen LogP contribution is 2.25. The molecule has 6 heteroatoms. The summed E-state index contributed by atoms with van der Waals surface area (Å²) >= 11 is 6.65. The van der Waals surface area contributed by atoms with Crippen LogP contribution in [0.5, 0.6) is 0 Å². The van der Waals surface area contributed by atoms with Crippen molar-refractivity contribution in [1.82, 2.24) is 10.6 Å². The van der Waals surface area contributed by atoms with Gasteiger partial charge >= 0.3 is 0 Å². The fraction of sp³-hybridized carbons (Fsp3) is 0.250. The zero-order chi connectivity index (χ0) is 10.1. The predicted molar refractivity (Wildman–Crippen MR) is 62.3 cm³/mol. The summed E-state index contributed by atoms with van der Waals surface area (Å²) in [6.07, 6.45) is -0.135. The summed E-state index contributed by atoms with van der Waals surface area (Å²) in [5.41, 5.74) is 6.79. The highest BCUT2D eigenvalue weighted by Gasteiger charge is 2.19. The van der Waals surface area contributed by atoms with Crippen LogP contribution >= 0.6 is 23.6 Å². The van der Waals surface area contributed by atoms with Crippen LogP contribution in [0.25, 0.3) is 0 Å². The monoisotopic (exact) mass is 226 g/mol. The predicted octanol–water partition coefficient (Wildman–Crippen LogP) is 0.848. The van der Waals surface area contributed by atoms with Gasteiger partial charge in [-0.3, -0.25) is 0 Å². The van der Waals surface area contributed by atoms with Crippen molar-refractivity contribution in [1.29, 1.82) is 0 Å². The van der Waals surface area contributed by atoms with E-state index >= 15 is 0 Å². The number of aliphatic imine (C=N–C) groups is 1. The fourth-order valence-corrected chi connectivity index (χ4v) is 2.40. The molecule has 1 atom stereocenters. The van der Waals surface area contributed by atoms with E-state index < -0.39 is 0 Å². The van der Waals surface area contributed by atoms with Gasteiger partial charge in [-0.05, 0) is 36.2 Å². The van der Waals surface area contributed by atoms with Gasteiger partial charge in [-0.25, -0.2) is 4.99 Å². The van der Waals surface area contributed by atoms with Crippen LogP contribution < -0.4 is 16.4 Å². The number of hydrogen-bond acceptors (Lipinski definition) is 4. The van der Waals surface area contributed by atoms with Crippen LogP contribution in [0.2, 0.25) is 0 Å². The lowest BCUT2D eigenvalue weighted by Gasteiger charge is -2.22. The van der Waals surface area contributed by atoms with Gasteiger partial charge in [0.1, 0.15) is 0 Å². The van der Waals surface area contributed by atoms with Crippen molar-refractivity contribution >= 4 is 34.6 Å². The van der Waals surface area contributed by atoms with Crippen molar-refractivity contribution in [2.24, 2.45) is 10.7 Å². The summed E-state index contributed by atoms with van der Waals surface area (Å²) in [4.78, 5) is 5.38. The Hall–Kier alpha value is -1.14. The molecule has 1 aromatic rings. The van der Waals surface area contributed by atoms with Crippen LogP contribution in [0.15, 0.2) is 16.4 Å². The van der Waals surface area contributed by atoms with Crippen molar-refractivity contribution in [2.75, 3.05) is 0 Å². The van der Waals surface area contributed by atoms with Crippen molar-refractivity contribution in [3.8, 4) is 0 Å². The number of thiocarbonyl (C=S) groups is 1. The third kappa shape index (κ3) is 1.71. The van der Waals surface area contributed by atoms with Crippen molar-refractivity contribution < 1.29 is 0 Å². The van der Waals surface area contributed by atoms with Gasteiger partial charge < -0.3 is 16.4 Å². The normalized spacial score (nSPS) is 21.1. The van der Waals surface area contributed by atoms with Crippen molar-refractivity contribution in [3.63, 3.8) is 0 Å². The van der Waals surface area contributed by atoms with Gasteiger partial charge in [-0.15, -0.1) is 11.3 Å². The molecule has 1 aliphatic heterocycles. The lowest BCUT2D eigenvalue weighted by molar-refractivity contribution is 0.669. The highest BCUT2D eigenvalue weighted by atomic mass is 32.1. The third-order valence-electron chi connectivity index (χ3n) is 1.93. The fourth-order valence-electron chi connectivity index (χ4n) is 1.27. The first kappa shape index (κ1) is 9.42. The molecule has 2 rings (SSSR count). The molecule has 0 saturated carbocycles. The molecular formula is C8H10N4S2. The number of thiophene rings is 1. The first-order valence-corrected chi connectivity index (χ1v) is 5.40. The first-order valence-electron chi connectivity index (χ1n) is 4.11. The smallest absolute Gasteiger partial charge is 0.197 e. The Balaban J connectivity index is 2.32. The Morgan fingerprint density at radius 3 is 3.00 bits per heavy atom. The zero-order valence-electron chi connectivity index (χ0n) is 7.57. The molecule has 0 amide bonds. The van der Waals surface area contributed by atoms with E-state index in [1.165, 1.54) is 5.56 Å². The average Bonchev–Trinajstić information content (AvgIpc) is 2.49. The van der Waals surface area contributed by atoms with Crippen LogP contribution in [-0.4, -0.2) is 11.1 Å². The summed E-state index contributed by atoms with van der Waals surface area (Å²) in [7, 11) is 0. The molecule has 74 valence electrons. The van der Waals surface area contributed by atoms with E-state index in [4.69, 9.17) is 18.0 Å². The quantitative estimate of drug-likeness (QED) is 0.621. The molecular weight excluding hydrogens is 216 g/mol. The molecule has 4 nitrogen and oxygen atoms in total. The molecule has 0 spiro atoms. The van der Waals surface area contributed by atoms with E-state index in [0.29, 0.717) is 11.1 Å². The molecule has 0 aromatic carbocycles. The van der Waals surface area contributed by atoms with E-state index in [1.54, 1.807) is 11.3 Å². The molecule has 0 radical (unpaired) electrons. The van der Waals surface area contributed by atoms with Crippen LogP contribution in [0, 0.1) is 6.92 Å². The van der Waals surface area contributed by atoms with E-state index in [2.05, 4.69) is 21.7 Å². The first-order chi connectivity index (χ1) is 6.66.